The van der Waals surface area contributed by atoms with Gasteiger partial charge in [0.05, 0.1) is 18.7 Å². The van der Waals surface area contributed by atoms with Gasteiger partial charge in [-0.2, -0.15) is 0 Å². The second-order valence-electron chi connectivity index (χ2n) is 6.38. The zero-order valence-corrected chi connectivity index (χ0v) is 18.6. The van der Waals surface area contributed by atoms with E-state index < -0.39 is 12.0 Å². The van der Waals surface area contributed by atoms with Gasteiger partial charge in [0.25, 0.3) is 0 Å². The number of amidine groups is 1. The van der Waals surface area contributed by atoms with Crippen LogP contribution in [0.25, 0.3) is 10.9 Å². The number of nitrogens with one attached hydrogen (secondary N) is 1. The molecule has 1 aromatic heterocycles. The number of aromatic hydroxyl groups is 1. The number of pyridine rings is 1. The van der Waals surface area contributed by atoms with Gasteiger partial charge in [-0.05, 0) is 36.8 Å². The fraction of sp³-hybridized carbons (Fsp3) is 0.240. The minimum absolute atomic E-state index is 0.105. The molecule has 0 saturated carbocycles. The molecule has 6 nitrogen and oxygen atoms in total. The number of carbonyl (C=O) groups is 1. The Morgan fingerprint density at radius 1 is 1.16 bits per heavy atom. The first-order valence-electron chi connectivity index (χ1n) is 10.2. The number of hydrogen-bond acceptors (Lipinski definition) is 5. The number of methoxy groups -OCH3 is 1. The first-order valence-corrected chi connectivity index (χ1v) is 10.2. The highest BCUT2D eigenvalue weighted by Crippen LogP contribution is 2.34. The molecule has 1 unspecified atom stereocenters. The molecule has 0 fully saturated rings. The summed E-state index contributed by atoms with van der Waals surface area (Å²) < 4.78 is 4.77. The summed E-state index contributed by atoms with van der Waals surface area (Å²) >= 11 is 0. The third-order valence-electron chi connectivity index (χ3n) is 4.61. The molecule has 162 valence electrons. The average Bonchev–Trinajstić information content (AvgIpc) is 2.83. The van der Waals surface area contributed by atoms with E-state index in [2.05, 4.69) is 15.3 Å². The molecule has 3 aromatic rings. The number of fused-ring (bicyclic) bond motifs is 1. The fourth-order valence-corrected chi connectivity index (χ4v) is 3.14. The van der Waals surface area contributed by atoms with Crippen LogP contribution in [0.2, 0.25) is 0 Å². The van der Waals surface area contributed by atoms with Gasteiger partial charge in [0.1, 0.15) is 17.1 Å². The summed E-state index contributed by atoms with van der Waals surface area (Å²) in [5.41, 5.74) is 2.50. The molecule has 0 aliphatic heterocycles. The van der Waals surface area contributed by atoms with E-state index in [0.717, 1.165) is 10.9 Å². The maximum absolute atomic E-state index is 11.8. The van der Waals surface area contributed by atoms with Crippen LogP contribution in [0.3, 0.4) is 0 Å². The van der Waals surface area contributed by atoms with Crippen LogP contribution >= 0.6 is 0 Å². The Kier molecular flexibility index (Phi) is 8.76. The topological polar surface area (TPSA) is 83.8 Å². The Morgan fingerprint density at radius 3 is 2.48 bits per heavy atom. The molecule has 0 aliphatic rings. The van der Waals surface area contributed by atoms with Crippen LogP contribution in [0.4, 0.5) is 0 Å². The first-order chi connectivity index (χ1) is 15.1. The van der Waals surface area contributed by atoms with Crippen LogP contribution in [0.1, 0.15) is 48.3 Å². The molecule has 0 saturated heterocycles. The standard InChI is InChI=1S/C23H23N3O3.C2H6/c1-4-6-19(24-2)26-20(16-8-10-17(11-9-16)23(28)29-3)18-13-12-15-7-5-14-25-21(15)22(18)27;1-2/h4-14,20,27H,1-3H3,(H,24,26);1-2H3/b6-4-;. The average molecular weight is 420 g/mol. The van der Waals surface area contributed by atoms with E-state index in [-0.39, 0.29) is 5.75 Å². The zero-order valence-electron chi connectivity index (χ0n) is 18.6. The summed E-state index contributed by atoms with van der Waals surface area (Å²) in [7, 11) is 3.04. The smallest absolute Gasteiger partial charge is 0.337 e. The van der Waals surface area contributed by atoms with Gasteiger partial charge in [0.15, 0.2) is 0 Å². The Bertz CT molecular complexity index is 1070. The van der Waals surface area contributed by atoms with E-state index in [9.17, 15) is 9.90 Å². The van der Waals surface area contributed by atoms with Crippen molar-refractivity contribution in [2.24, 2.45) is 4.99 Å². The van der Waals surface area contributed by atoms with Crippen molar-refractivity contribution in [1.82, 2.24) is 10.3 Å². The predicted octanol–water partition coefficient (Wildman–Crippen LogP) is 5.04. The number of carbonyl (C=O) groups excluding carboxylic acids is 1. The Morgan fingerprint density at radius 2 is 1.87 bits per heavy atom. The van der Waals surface area contributed by atoms with E-state index >= 15 is 0 Å². The van der Waals surface area contributed by atoms with Gasteiger partial charge in [-0.25, -0.2) is 4.79 Å². The molecular weight excluding hydrogens is 390 g/mol. The number of hydrogen-bond donors (Lipinski definition) is 2. The van der Waals surface area contributed by atoms with Crippen LogP contribution in [-0.4, -0.2) is 36.1 Å². The summed E-state index contributed by atoms with van der Waals surface area (Å²) in [6.45, 7) is 5.91. The highest BCUT2D eigenvalue weighted by Gasteiger charge is 2.21. The van der Waals surface area contributed by atoms with Gasteiger partial charge < -0.3 is 15.2 Å². The van der Waals surface area contributed by atoms with Crippen molar-refractivity contribution in [3.05, 3.63) is 83.6 Å². The Hall–Kier alpha value is -3.67. The first kappa shape index (κ1) is 23.6. The number of phenolic OH excluding ortho intramolecular Hbond substituents is 1. The number of aromatic nitrogens is 1. The maximum Gasteiger partial charge on any atom is 0.337 e. The minimum Gasteiger partial charge on any atom is -0.505 e. The Balaban J connectivity index is 0.00000166. The predicted molar refractivity (Wildman–Crippen MR) is 126 cm³/mol. The SMILES string of the molecule is C/C=C\C(=NC)NC(c1ccc(C(=O)OC)cc1)c1ccc2cccnc2c1O.CC. The molecule has 2 aromatic carbocycles. The van der Waals surface area contributed by atoms with Gasteiger partial charge in [-0.1, -0.05) is 50.3 Å². The Labute approximate surface area is 183 Å². The van der Waals surface area contributed by atoms with Crippen LogP contribution in [-0.2, 0) is 4.74 Å². The highest BCUT2D eigenvalue weighted by molar-refractivity contribution is 5.94. The number of phenols is 1. The summed E-state index contributed by atoms with van der Waals surface area (Å²) in [4.78, 5) is 20.3. The number of aliphatic imine (C=N–C) groups is 1. The van der Waals surface area contributed by atoms with Crippen molar-refractivity contribution in [1.29, 1.82) is 0 Å². The van der Waals surface area contributed by atoms with E-state index in [1.54, 1.807) is 25.4 Å². The monoisotopic (exact) mass is 419 g/mol. The van der Waals surface area contributed by atoms with Crippen molar-refractivity contribution >= 4 is 22.7 Å². The van der Waals surface area contributed by atoms with E-state index in [4.69, 9.17) is 4.74 Å². The van der Waals surface area contributed by atoms with E-state index in [1.165, 1.54) is 7.11 Å². The van der Waals surface area contributed by atoms with Gasteiger partial charge in [0, 0.05) is 24.2 Å². The molecule has 0 bridgehead atoms. The van der Waals surface area contributed by atoms with Crippen LogP contribution in [0.5, 0.6) is 5.75 Å². The van der Waals surface area contributed by atoms with E-state index in [1.807, 2.05) is 69.3 Å². The molecule has 1 atom stereocenters. The fourth-order valence-electron chi connectivity index (χ4n) is 3.14. The van der Waals surface area contributed by atoms with Crippen molar-refractivity contribution in [3.63, 3.8) is 0 Å². The summed E-state index contributed by atoms with van der Waals surface area (Å²) in [5.74, 6) is 0.368. The lowest BCUT2D eigenvalue weighted by molar-refractivity contribution is 0.0600. The molecule has 0 amide bonds. The van der Waals surface area contributed by atoms with E-state index in [0.29, 0.717) is 22.5 Å². The van der Waals surface area contributed by atoms with Crippen molar-refractivity contribution in [3.8, 4) is 5.75 Å². The van der Waals surface area contributed by atoms with Crippen molar-refractivity contribution in [2.45, 2.75) is 26.8 Å². The molecule has 6 heteroatoms. The van der Waals surface area contributed by atoms with Gasteiger partial charge in [0.2, 0.25) is 0 Å². The molecule has 0 radical (unpaired) electrons. The molecule has 0 aliphatic carbocycles. The van der Waals surface area contributed by atoms with Crippen molar-refractivity contribution < 1.29 is 14.6 Å². The number of ether oxygens (including phenoxy) is 1. The number of nitrogens with zero attached hydrogens (tertiary/aromatic N) is 2. The number of allylic oxidation sites excluding steroid dienone is 1. The zero-order chi connectivity index (χ0) is 22.8. The lowest BCUT2D eigenvalue weighted by atomic mass is 9.95. The third-order valence-corrected chi connectivity index (χ3v) is 4.61. The molecule has 1 heterocycles. The lowest BCUT2D eigenvalue weighted by Gasteiger charge is -2.22. The quantitative estimate of drug-likeness (QED) is 0.344. The van der Waals surface area contributed by atoms with Crippen LogP contribution < -0.4 is 5.32 Å². The number of esters is 1. The second kappa shape index (κ2) is 11.5. The maximum atomic E-state index is 11.8. The molecule has 2 N–H and O–H groups in total. The normalized spacial score (nSPS) is 12.2. The van der Waals surface area contributed by atoms with Gasteiger partial charge in [-0.15, -0.1) is 0 Å². The summed E-state index contributed by atoms with van der Waals surface area (Å²) in [6, 6.07) is 14.2. The van der Waals surface area contributed by atoms with Gasteiger partial charge in [-0.3, -0.25) is 9.98 Å². The number of benzene rings is 2. The van der Waals surface area contributed by atoms with Crippen LogP contribution in [0, 0.1) is 0 Å². The molecule has 3 rings (SSSR count). The summed E-state index contributed by atoms with van der Waals surface area (Å²) in [6.07, 6.45) is 5.39. The van der Waals surface area contributed by atoms with Gasteiger partial charge >= 0.3 is 5.97 Å². The summed E-state index contributed by atoms with van der Waals surface area (Å²) in [5, 5.41) is 15.2. The largest absolute Gasteiger partial charge is 0.505 e. The minimum atomic E-state index is -0.400. The van der Waals surface area contributed by atoms with Crippen molar-refractivity contribution in [2.75, 3.05) is 14.2 Å². The molecule has 31 heavy (non-hydrogen) atoms. The third kappa shape index (κ3) is 5.48. The molecule has 0 spiro atoms. The molecular formula is C25H29N3O3. The second-order valence-corrected chi connectivity index (χ2v) is 6.38. The lowest BCUT2D eigenvalue weighted by Crippen LogP contribution is -2.28. The number of rotatable bonds is 5. The highest BCUT2D eigenvalue weighted by atomic mass is 16.5. The van der Waals surface area contributed by atoms with Crippen LogP contribution in [0.15, 0.2) is 71.9 Å².